The van der Waals surface area contributed by atoms with Gasteiger partial charge in [0, 0.05) is 38.8 Å². The number of rotatable bonds is 7. The molecule has 0 unspecified atom stereocenters. The van der Waals surface area contributed by atoms with Crippen LogP contribution in [0.4, 0.5) is 10.5 Å². The summed E-state index contributed by atoms with van der Waals surface area (Å²) in [6.45, 7) is 8.61. The van der Waals surface area contributed by atoms with Gasteiger partial charge in [0.05, 0.1) is 11.0 Å². The van der Waals surface area contributed by atoms with Gasteiger partial charge in [0.1, 0.15) is 5.60 Å². The molecule has 3 rings (SSSR count). The first-order valence-electron chi connectivity index (χ1n) is 11.1. The molecule has 0 aliphatic rings. The Morgan fingerprint density at radius 3 is 2.33 bits per heavy atom. The molecule has 8 nitrogen and oxygen atoms in total. The maximum atomic E-state index is 12.7. The highest BCUT2D eigenvalue weighted by Gasteiger charge is 2.20. The van der Waals surface area contributed by atoms with Crippen LogP contribution in [0.1, 0.15) is 39.7 Å². The molecule has 0 aliphatic heterocycles. The first-order chi connectivity index (χ1) is 15.6. The van der Waals surface area contributed by atoms with Gasteiger partial charge in [0.25, 0.3) is 0 Å². The van der Waals surface area contributed by atoms with Crippen LogP contribution in [0.2, 0.25) is 0 Å². The molecular formula is C25H32N4O4. The van der Waals surface area contributed by atoms with Crippen LogP contribution in [0.15, 0.2) is 53.3 Å². The molecule has 1 aromatic heterocycles. The van der Waals surface area contributed by atoms with Gasteiger partial charge in [-0.15, -0.1) is 0 Å². The highest BCUT2D eigenvalue weighted by Crippen LogP contribution is 2.16. The molecule has 3 aromatic rings. The summed E-state index contributed by atoms with van der Waals surface area (Å²) in [5.74, 6) is -0.187. The number of amides is 2. The molecule has 1 N–H and O–H groups in total. The molecule has 33 heavy (non-hydrogen) atoms. The van der Waals surface area contributed by atoms with E-state index in [1.54, 1.807) is 22.2 Å². The first kappa shape index (κ1) is 24.1. The fourth-order valence-electron chi connectivity index (χ4n) is 3.66. The maximum absolute atomic E-state index is 12.7. The highest BCUT2D eigenvalue weighted by molar-refractivity contribution is 5.90. The Labute approximate surface area is 193 Å². The van der Waals surface area contributed by atoms with Crippen LogP contribution >= 0.6 is 0 Å². The van der Waals surface area contributed by atoms with Crippen molar-refractivity contribution in [1.29, 1.82) is 0 Å². The minimum absolute atomic E-state index is 0.112. The van der Waals surface area contributed by atoms with Crippen LogP contribution in [-0.4, -0.2) is 38.7 Å². The number of benzene rings is 2. The molecule has 0 spiro atoms. The van der Waals surface area contributed by atoms with Crippen molar-refractivity contribution in [3.05, 3.63) is 64.6 Å². The summed E-state index contributed by atoms with van der Waals surface area (Å²) in [6, 6.07) is 14.9. The Kier molecular flexibility index (Phi) is 7.26. The van der Waals surface area contributed by atoms with E-state index in [0.717, 1.165) is 16.6 Å². The van der Waals surface area contributed by atoms with Crippen LogP contribution < -0.4 is 11.0 Å². The Morgan fingerprint density at radius 2 is 1.70 bits per heavy atom. The van der Waals surface area contributed by atoms with Gasteiger partial charge in [-0.25, -0.2) is 9.59 Å². The normalized spacial score (nSPS) is 11.4. The minimum atomic E-state index is -0.563. The molecule has 0 saturated heterocycles. The molecule has 2 amide bonds. The quantitative estimate of drug-likeness (QED) is 0.582. The molecule has 0 atom stereocenters. The van der Waals surface area contributed by atoms with Crippen molar-refractivity contribution in [2.24, 2.45) is 0 Å². The average Bonchev–Trinajstić information content (AvgIpc) is 3.01. The van der Waals surface area contributed by atoms with E-state index in [4.69, 9.17) is 4.74 Å². The molecule has 8 heteroatoms. The van der Waals surface area contributed by atoms with E-state index in [1.807, 2.05) is 70.2 Å². The van der Waals surface area contributed by atoms with E-state index in [9.17, 15) is 14.4 Å². The van der Waals surface area contributed by atoms with Crippen molar-refractivity contribution in [1.82, 2.24) is 14.0 Å². The smallest absolute Gasteiger partial charge is 0.410 e. The second kappa shape index (κ2) is 9.94. The van der Waals surface area contributed by atoms with Gasteiger partial charge in [0.2, 0.25) is 5.91 Å². The predicted molar refractivity (Wildman–Crippen MR) is 129 cm³/mol. The molecule has 0 saturated carbocycles. The van der Waals surface area contributed by atoms with Crippen molar-refractivity contribution >= 4 is 28.7 Å². The number of nitrogens with zero attached hydrogens (tertiary/aromatic N) is 3. The average molecular weight is 453 g/mol. The zero-order valence-electron chi connectivity index (χ0n) is 19.9. The number of hydrogen-bond donors (Lipinski definition) is 1. The first-order valence-corrected chi connectivity index (χ1v) is 11.1. The van der Waals surface area contributed by atoms with Gasteiger partial charge in [0.15, 0.2) is 0 Å². The van der Waals surface area contributed by atoms with Gasteiger partial charge in [-0.05, 0) is 57.5 Å². The minimum Gasteiger partial charge on any atom is -0.444 e. The van der Waals surface area contributed by atoms with Crippen molar-refractivity contribution in [3.8, 4) is 0 Å². The molecule has 0 radical (unpaired) electrons. The second-order valence-corrected chi connectivity index (χ2v) is 9.00. The van der Waals surface area contributed by atoms with Crippen LogP contribution in [0.25, 0.3) is 11.0 Å². The van der Waals surface area contributed by atoms with E-state index >= 15 is 0 Å². The third kappa shape index (κ3) is 6.03. The van der Waals surface area contributed by atoms with Crippen LogP contribution in [0.5, 0.6) is 0 Å². The number of aromatic nitrogens is 2. The lowest BCUT2D eigenvalue weighted by Crippen LogP contribution is -2.33. The molecule has 176 valence electrons. The zero-order chi connectivity index (χ0) is 24.2. The third-order valence-electron chi connectivity index (χ3n) is 5.14. The zero-order valence-corrected chi connectivity index (χ0v) is 19.9. The Balaban J connectivity index is 1.63. The van der Waals surface area contributed by atoms with E-state index < -0.39 is 11.7 Å². The number of imidazole rings is 1. The van der Waals surface area contributed by atoms with Gasteiger partial charge in [-0.2, -0.15) is 0 Å². The van der Waals surface area contributed by atoms with E-state index in [1.165, 1.54) is 4.90 Å². The Bertz CT molecular complexity index is 1200. The summed E-state index contributed by atoms with van der Waals surface area (Å²) in [7, 11) is 1.67. The largest absolute Gasteiger partial charge is 0.444 e. The van der Waals surface area contributed by atoms with Crippen LogP contribution in [-0.2, 0) is 29.2 Å². The predicted octanol–water partition coefficient (Wildman–Crippen LogP) is 4.22. The van der Waals surface area contributed by atoms with Gasteiger partial charge < -0.3 is 15.0 Å². The number of aryl methyl sites for hydroxylation is 2. The standard InChI is InChI=1S/C25H32N4O4/c1-6-28-20-12-7-8-13-21(20)29(23(28)31)15-14-22(30)26-19-11-9-10-18(16-19)17-27(5)24(32)33-25(2,3)4/h7-13,16H,6,14-15,17H2,1-5H3,(H,26,30). The second-order valence-electron chi connectivity index (χ2n) is 9.00. The lowest BCUT2D eigenvalue weighted by Gasteiger charge is -2.24. The highest BCUT2D eigenvalue weighted by atomic mass is 16.6. The summed E-state index contributed by atoms with van der Waals surface area (Å²) in [5, 5.41) is 2.89. The topological polar surface area (TPSA) is 85.6 Å². The van der Waals surface area contributed by atoms with Gasteiger partial charge in [-0.3, -0.25) is 13.9 Å². The molecular weight excluding hydrogens is 420 g/mol. The van der Waals surface area contributed by atoms with Crippen molar-refractivity contribution in [3.63, 3.8) is 0 Å². The monoisotopic (exact) mass is 452 g/mol. The van der Waals surface area contributed by atoms with Gasteiger partial charge in [-0.1, -0.05) is 24.3 Å². The number of ether oxygens (including phenoxy) is 1. The van der Waals surface area contributed by atoms with Crippen molar-refractivity contribution < 1.29 is 14.3 Å². The van der Waals surface area contributed by atoms with Crippen molar-refractivity contribution in [2.45, 2.75) is 59.4 Å². The van der Waals surface area contributed by atoms with E-state index in [2.05, 4.69) is 5.32 Å². The van der Waals surface area contributed by atoms with E-state index in [-0.39, 0.29) is 18.0 Å². The number of carbonyl (C=O) groups is 2. The number of para-hydroxylation sites is 2. The van der Waals surface area contributed by atoms with E-state index in [0.29, 0.717) is 25.3 Å². The summed E-state index contributed by atoms with van der Waals surface area (Å²) in [6.07, 6.45) is -0.242. The van der Waals surface area contributed by atoms with Crippen LogP contribution in [0.3, 0.4) is 0 Å². The number of carbonyl (C=O) groups excluding carboxylic acids is 2. The Morgan fingerprint density at radius 1 is 1.03 bits per heavy atom. The van der Waals surface area contributed by atoms with Crippen LogP contribution in [0, 0.1) is 0 Å². The molecule has 0 bridgehead atoms. The number of fused-ring (bicyclic) bond motifs is 1. The Hall–Kier alpha value is -3.55. The lowest BCUT2D eigenvalue weighted by atomic mass is 10.2. The fourth-order valence-corrected chi connectivity index (χ4v) is 3.66. The van der Waals surface area contributed by atoms with Gasteiger partial charge >= 0.3 is 11.8 Å². The number of nitrogens with one attached hydrogen (secondary N) is 1. The maximum Gasteiger partial charge on any atom is 0.410 e. The summed E-state index contributed by atoms with van der Waals surface area (Å²) >= 11 is 0. The molecule has 2 aromatic carbocycles. The molecule has 0 fully saturated rings. The fraction of sp³-hybridized carbons (Fsp3) is 0.400. The van der Waals surface area contributed by atoms with Crippen molar-refractivity contribution in [2.75, 3.05) is 12.4 Å². The summed E-state index contributed by atoms with van der Waals surface area (Å²) < 4.78 is 8.73. The molecule has 1 heterocycles. The SMILES string of the molecule is CCn1c(=O)n(CCC(=O)Nc2cccc(CN(C)C(=O)OC(C)(C)C)c2)c2ccccc21. The number of anilines is 1. The summed E-state index contributed by atoms with van der Waals surface area (Å²) in [5.41, 5.74) is 2.52. The molecule has 0 aliphatic carbocycles. The number of hydrogen-bond acceptors (Lipinski definition) is 4. The lowest BCUT2D eigenvalue weighted by molar-refractivity contribution is -0.116. The summed E-state index contributed by atoms with van der Waals surface area (Å²) in [4.78, 5) is 39.0. The third-order valence-corrected chi connectivity index (χ3v) is 5.14.